The maximum atomic E-state index is 13.3. The summed E-state index contributed by atoms with van der Waals surface area (Å²) < 4.78 is 36.2. The van der Waals surface area contributed by atoms with Crippen LogP contribution in [0, 0.1) is 0 Å². The first-order chi connectivity index (χ1) is 15.2. The molecule has 0 amide bonds. The summed E-state index contributed by atoms with van der Waals surface area (Å²) in [6, 6.07) is 3.93. The van der Waals surface area contributed by atoms with E-state index in [4.69, 9.17) is 31.8 Å². The van der Waals surface area contributed by atoms with Crippen LogP contribution in [-0.2, 0) is 24.8 Å². The Kier molecular flexibility index (Phi) is 5.49. The van der Waals surface area contributed by atoms with E-state index in [0.29, 0.717) is 36.1 Å². The van der Waals surface area contributed by atoms with Crippen molar-refractivity contribution in [3.05, 3.63) is 34.4 Å². The highest BCUT2D eigenvalue weighted by Crippen LogP contribution is 2.47. The Bertz CT molecular complexity index is 1170. The Morgan fingerprint density at radius 2 is 1.97 bits per heavy atom. The van der Waals surface area contributed by atoms with E-state index < -0.39 is 20.1 Å². The van der Waals surface area contributed by atoms with E-state index in [-0.39, 0.29) is 18.2 Å². The van der Waals surface area contributed by atoms with Crippen LogP contribution in [0.3, 0.4) is 0 Å². The lowest BCUT2D eigenvalue weighted by atomic mass is 10.0. The molecule has 0 aromatic carbocycles. The highest BCUT2D eigenvalue weighted by Gasteiger charge is 2.57. The molecule has 2 unspecified atom stereocenters. The standard InChI is InChI=1S/C21H25ClN4O4S2/c1-20(13-32(27,28)21(19(23)25-20)2-5-30-12-21)18-16(22)9-17(31-18)14-8-15(11-24-10-14)26-3-6-29-7-4-26/h8-11H,2-7,12-13H2,1H3,(H2,23,25). The number of anilines is 1. The number of sulfone groups is 1. The molecule has 2 aromatic heterocycles. The van der Waals surface area contributed by atoms with Crippen molar-refractivity contribution in [2.24, 2.45) is 10.7 Å². The van der Waals surface area contributed by atoms with Crippen molar-refractivity contribution >= 4 is 44.3 Å². The quantitative estimate of drug-likeness (QED) is 0.695. The topological polar surface area (TPSA) is 107 Å². The average molecular weight is 497 g/mol. The fourth-order valence-corrected chi connectivity index (χ4v) is 8.56. The molecule has 2 fully saturated rings. The minimum absolute atomic E-state index is 0.0597. The minimum atomic E-state index is -3.58. The number of aliphatic imine (C=N–C) groups is 1. The Morgan fingerprint density at radius 1 is 1.19 bits per heavy atom. The van der Waals surface area contributed by atoms with Gasteiger partial charge in [-0.05, 0) is 25.5 Å². The molecule has 2 atom stereocenters. The van der Waals surface area contributed by atoms with E-state index in [1.165, 1.54) is 11.3 Å². The molecule has 1 spiro atoms. The number of hydrogen-bond donors (Lipinski definition) is 1. The third-order valence-electron chi connectivity index (χ3n) is 6.45. The number of halogens is 1. The predicted molar refractivity (Wildman–Crippen MR) is 127 cm³/mol. The van der Waals surface area contributed by atoms with Gasteiger partial charge in [0.05, 0.1) is 47.4 Å². The van der Waals surface area contributed by atoms with E-state index in [0.717, 1.165) is 29.2 Å². The van der Waals surface area contributed by atoms with Gasteiger partial charge in [-0.15, -0.1) is 11.3 Å². The van der Waals surface area contributed by atoms with Crippen LogP contribution in [0.2, 0.25) is 5.02 Å². The molecule has 3 aliphatic heterocycles. The van der Waals surface area contributed by atoms with Gasteiger partial charge in [0.15, 0.2) is 14.6 Å². The predicted octanol–water partition coefficient (Wildman–Crippen LogP) is 2.46. The summed E-state index contributed by atoms with van der Waals surface area (Å²) in [5.74, 6) is -0.0405. The molecule has 2 aromatic rings. The van der Waals surface area contributed by atoms with E-state index in [1.54, 1.807) is 13.1 Å². The van der Waals surface area contributed by atoms with E-state index >= 15 is 0 Å². The molecule has 172 valence electrons. The van der Waals surface area contributed by atoms with E-state index in [2.05, 4.69) is 16.0 Å². The lowest BCUT2D eigenvalue weighted by Gasteiger charge is -2.38. The van der Waals surface area contributed by atoms with Crippen LogP contribution in [0.15, 0.2) is 29.5 Å². The number of nitrogens with zero attached hydrogens (tertiary/aromatic N) is 3. The molecule has 32 heavy (non-hydrogen) atoms. The van der Waals surface area contributed by atoms with Crippen molar-refractivity contribution in [3.8, 4) is 10.4 Å². The first kappa shape index (κ1) is 22.1. The number of amidine groups is 1. The Morgan fingerprint density at radius 3 is 2.66 bits per heavy atom. The second kappa shape index (κ2) is 7.95. The van der Waals surface area contributed by atoms with Crippen LogP contribution in [0.25, 0.3) is 10.4 Å². The Hall–Kier alpha value is -1.72. The molecule has 5 heterocycles. The molecule has 0 radical (unpaired) electrons. The first-order valence-electron chi connectivity index (χ1n) is 10.5. The minimum Gasteiger partial charge on any atom is -0.386 e. The number of morpholine rings is 1. The molecule has 0 aliphatic carbocycles. The Labute approximate surface area is 196 Å². The third kappa shape index (κ3) is 3.52. The van der Waals surface area contributed by atoms with Crippen molar-refractivity contribution in [1.29, 1.82) is 0 Å². The van der Waals surface area contributed by atoms with Gasteiger partial charge in [0, 0.05) is 36.3 Å². The van der Waals surface area contributed by atoms with Gasteiger partial charge in [-0.25, -0.2) is 8.42 Å². The summed E-state index contributed by atoms with van der Waals surface area (Å²) in [4.78, 5) is 12.9. The second-order valence-corrected chi connectivity index (χ2v) is 12.4. The number of pyridine rings is 1. The van der Waals surface area contributed by atoms with Gasteiger partial charge in [0.1, 0.15) is 11.4 Å². The van der Waals surface area contributed by atoms with Crippen molar-refractivity contribution in [1.82, 2.24) is 4.98 Å². The molecular weight excluding hydrogens is 472 g/mol. The van der Waals surface area contributed by atoms with Gasteiger partial charge in [-0.3, -0.25) is 9.98 Å². The lowest BCUT2D eigenvalue weighted by Crippen LogP contribution is -2.58. The first-order valence-corrected chi connectivity index (χ1v) is 13.3. The number of thiophene rings is 1. The smallest absolute Gasteiger partial charge is 0.168 e. The number of hydrogen-bond acceptors (Lipinski definition) is 9. The molecule has 5 rings (SSSR count). The van der Waals surface area contributed by atoms with Crippen molar-refractivity contribution in [2.75, 3.05) is 50.2 Å². The molecule has 2 N–H and O–H groups in total. The number of nitrogens with two attached hydrogens (primary N) is 1. The van der Waals surface area contributed by atoms with Gasteiger partial charge in [0.2, 0.25) is 0 Å². The molecule has 2 saturated heterocycles. The van der Waals surface area contributed by atoms with Crippen molar-refractivity contribution in [3.63, 3.8) is 0 Å². The zero-order valence-electron chi connectivity index (χ0n) is 17.7. The van der Waals surface area contributed by atoms with E-state index in [9.17, 15) is 8.42 Å². The van der Waals surface area contributed by atoms with Gasteiger partial charge >= 0.3 is 0 Å². The van der Waals surface area contributed by atoms with Crippen molar-refractivity contribution < 1.29 is 17.9 Å². The highest BCUT2D eigenvalue weighted by atomic mass is 35.5. The zero-order valence-corrected chi connectivity index (χ0v) is 20.1. The molecule has 0 saturated carbocycles. The monoisotopic (exact) mass is 496 g/mol. The lowest BCUT2D eigenvalue weighted by molar-refractivity contribution is 0.122. The molecule has 11 heteroatoms. The van der Waals surface area contributed by atoms with Crippen LogP contribution in [0.1, 0.15) is 18.2 Å². The van der Waals surface area contributed by atoms with Gasteiger partial charge < -0.3 is 20.1 Å². The van der Waals surface area contributed by atoms with Crippen LogP contribution < -0.4 is 10.6 Å². The highest BCUT2D eigenvalue weighted by molar-refractivity contribution is 7.93. The summed E-state index contributed by atoms with van der Waals surface area (Å²) in [7, 11) is -3.58. The summed E-state index contributed by atoms with van der Waals surface area (Å²) in [6.07, 6.45) is 3.97. The fraction of sp³-hybridized carbons (Fsp3) is 0.524. The SMILES string of the molecule is CC1(c2sc(-c3cncc(N4CCOCC4)c3)cc2Cl)CS(=O)(=O)C2(CCOC2)C(N)=N1. The van der Waals surface area contributed by atoms with Gasteiger partial charge in [-0.2, -0.15) is 0 Å². The maximum Gasteiger partial charge on any atom is 0.168 e. The third-order valence-corrected chi connectivity index (χ3v) is 11.0. The largest absolute Gasteiger partial charge is 0.386 e. The van der Waals surface area contributed by atoms with E-state index in [1.807, 2.05) is 12.3 Å². The van der Waals surface area contributed by atoms with Crippen LogP contribution in [-0.4, -0.2) is 69.3 Å². The maximum absolute atomic E-state index is 13.3. The molecule has 0 bridgehead atoms. The summed E-state index contributed by atoms with van der Waals surface area (Å²) in [6.45, 7) is 5.22. The van der Waals surface area contributed by atoms with Crippen LogP contribution >= 0.6 is 22.9 Å². The van der Waals surface area contributed by atoms with Gasteiger partial charge in [0.25, 0.3) is 0 Å². The van der Waals surface area contributed by atoms with Crippen LogP contribution in [0.4, 0.5) is 5.69 Å². The zero-order chi connectivity index (χ0) is 22.6. The molecular formula is C21H25ClN4O4S2. The molecule has 8 nitrogen and oxygen atoms in total. The van der Waals surface area contributed by atoms with Crippen molar-refractivity contribution in [2.45, 2.75) is 23.6 Å². The number of ether oxygens (including phenoxy) is 2. The van der Waals surface area contributed by atoms with Crippen LogP contribution in [0.5, 0.6) is 0 Å². The van der Waals surface area contributed by atoms with Gasteiger partial charge in [-0.1, -0.05) is 11.6 Å². The average Bonchev–Trinajstić information content (AvgIpc) is 3.42. The fourth-order valence-electron chi connectivity index (χ4n) is 4.61. The Balaban J connectivity index is 1.51. The number of aromatic nitrogens is 1. The summed E-state index contributed by atoms with van der Waals surface area (Å²) in [5, 5.41) is 0.481. The number of rotatable bonds is 3. The normalized spacial score (nSPS) is 29.9. The second-order valence-electron chi connectivity index (χ2n) is 8.65. The summed E-state index contributed by atoms with van der Waals surface area (Å²) in [5.41, 5.74) is 7.16. The molecule has 3 aliphatic rings. The summed E-state index contributed by atoms with van der Waals surface area (Å²) >= 11 is 8.07.